The van der Waals surface area contributed by atoms with E-state index >= 15 is 0 Å². The summed E-state index contributed by atoms with van der Waals surface area (Å²) in [6.07, 6.45) is 4.04. The van der Waals surface area contributed by atoms with Crippen molar-refractivity contribution < 1.29 is 9.90 Å². The number of hydrogen-bond donors (Lipinski definition) is 1. The molecule has 0 spiro atoms. The van der Waals surface area contributed by atoms with Crippen LogP contribution < -0.4 is 0 Å². The summed E-state index contributed by atoms with van der Waals surface area (Å²) in [7, 11) is 0. The van der Waals surface area contributed by atoms with Crippen LogP contribution in [0.4, 0.5) is 0 Å². The van der Waals surface area contributed by atoms with Crippen LogP contribution in [0.25, 0.3) is 0 Å². The maximum atomic E-state index is 10.7. The molecule has 0 aromatic heterocycles. The SMILES string of the molecule is CC(C)C(CC(=O)O)N1CCCCC1. The van der Waals surface area contributed by atoms with Crippen molar-refractivity contribution in [1.29, 1.82) is 0 Å². The second-order valence-electron chi connectivity index (χ2n) is 4.51. The number of likely N-dealkylation sites (tertiary alicyclic amines) is 1. The van der Waals surface area contributed by atoms with Crippen LogP contribution >= 0.6 is 0 Å². The summed E-state index contributed by atoms with van der Waals surface area (Å²) in [4.78, 5) is 13.1. The Hall–Kier alpha value is -0.570. The third kappa shape index (κ3) is 3.29. The van der Waals surface area contributed by atoms with Gasteiger partial charge in [0.15, 0.2) is 0 Å². The van der Waals surface area contributed by atoms with Crippen LogP contribution in [-0.4, -0.2) is 35.1 Å². The lowest BCUT2D eigenvalue weighted by molar-refractivity contribution is -0.139. The minimum Gasteiger partial charge on any atom is -0.481 e. The summed E-state index contributed by atoms with van der Waals surface area (Å²) >= 11 is 0. The first-order valence-corrected chi connectivity index (χ1v) is 5.57. The molecule has 0 aromatic carbocycles. The van der Waals surface area contributed by atoms with Gasteiger partial charge in [0.25, 0.3) is 0 Å². The molecule has 1 atom stereocenters. The maximum absolute atomic E-state index is 10.7. The van der Waals surface area contributed by atoms with E-state index in [1.165, 1.54) is 19.3 Å². The van der Waals surface area contributed by atoms with Crippen LogP contribution in [0.15, 0.2) is 0 Å². The summed E-state index contributed by atoms with van der Waals surface area (Å²) in [5.41, 5.74) is 0. The number of piperidine rings is 1. The zero-order chi connectivity index (χ0) is 10.6. The Morgan fingerprint density at radius 1 is 1.29 bits per heavy atom. The number of carboxylic acids is 1. The molecule has 1 aliphatic heterocycles. The molecule has 1 fully saturated rings. The Balaban J connectivity index is 2.51. The number of carboxylic acid groups (broad SMARTS) is 1. The zero-order valence-corrected chi connectivity index (χ0v) is 9.20. The van der Waals surface area contributed by atoms with Gasteiger partial charge in [0.1, 0.15) is 0 Å². The van der Waals surface area contributed by atoms with E-state index < -0.39 is 5.97 Å². The van der Waals surface area contributed by atoms with Crippen LogP contribution in [0, 0.1) is 5.92 Å². The van der Waals surface area contributed by atoms with Gasteiger partial charge in [-0.25, -0.2) is 0 Å². The quantitative estimate of drug-likeness (QED) is 0.752. The average molecular weight is 199 g/mol. The first-order valence-electron chi connectivity index (χ1n) is 5.57. The summed E-state index contributed by atoms with van der Waals surface area (Å²) in [6, 6.07) is 0.229. The number of carbonyl (C=O) groups is 1. The Bertz CT molecular complexity index is 186. The van der Waals surface area contributed by atoms with E-state index in [0.717, 1.165) is 13.1 Å². The van der Waals surface area contributed by atoms with Gasteiger partial charge >= 0.3 is 5.97 Å². The molecule has 0 aliphatic carbocycles. The predicted octanol–water partition coefficient (Wildman–Crippen LogP) is 1.97. The van der Waals surface area contributed by atoms with E-state index in [4.69, 9.17) is 5.11 Å². The maximum Gasteiger partial charge on any atom is 0.304 e. The third-order valence-electron chi connectivity index (χ3n) is 3.01. The summed E-state index contributed by atoms with van der Waals surface area (Å²) in [5.74, 6) is -0.238. The van der Waals surface area contributed by atoms with Crippen LogP contribution in [0.2, 0.25) is 0 Å². The lowest BCUT2D eigenvalue weighted by atomic mass is 9.96. The van der Waals surface area contributed by atoms with E-state index in [0.29, 0.717) is 5.92 Å². The van der Waals surface area contributed by atoms with Gasteiger partial charge in [0.05, 0.1) is 6.42 Å². The monoisotopic (exact) mass is 199 g/mol. The molecule has 1 saturated heterocycles. The van der Waals surface area contributed by atoms with Gasteiger partial charge < -0.3 is 5.11 Å². The van der Waals surface area contributed by atoms with Crippen molar-refractivity contribution in [3.63, 3.8) is 0 Å². The fourth-order valence-electron chi connectivity index (χ4n) is 2.22. The van der Waals surface area contributed by atoms with Crippen LogP contribution in [0.1, 0.15) is 39.5 Å². The van der Waals surface area contributed by atoms with Crippen molar-refractivity contribution in [2.24, 2.45) is 5.92 Å². The number of nitrogens with zero attached hydrogens (tertiary/aromatic N) is 1. The molecule has 3 nitrogen and oxygen atoms in total. The molecule has 1 rings (SSSR count). The molecular formula is C11H21NO2. The standard InChI is InChI=1S/C11H21NO2/c1-9(2)10(8-11(13)14)12-6-4-3-5-7-12/h9-10H,3-8H2,1-2H3,(H,13,14). The molecular weight excluding hydrogens is 178 g/mol. The molecule has 1 heterocycles. The highest BCUT2D eigenvalue weighted by atomic mass is 16.4. The van der Waals surface area contributed by atoms with Gasteiger partial charge in [0.2, 0.25) is 0 Å². The molecule has 82 valence electrons. The van der Waals surface area contributed by atoms with Gasteiger partial charge in [-0.3, -0.25) is 9.69 Å². The molecule has 0 saturated carbocycles. The molecule has 0 amide bonds. The largest absolute Gasteiger partial charge is 0.481 e. The highest BCUT2D eigenvalue weighted by Crippen LogP contribution is 2.19. The zero-order valence-electron chi connectivity index (χ0n) is 9.20. The van der Waals surface area contributed by atoms with Gasteiger partial charge in [-0.15, -0.1) is 0 Å². The highest BCUT2D eigenvalue weighted by Gasteiger charge is 2.25. The second-order valence-corrected chi connectivity index (χ2v) is 4.51. The van der Waals surface area contributed by atoms with E-state index in [1.54, 1.807) is 0 Å². The Labute approximate surface area is 86.1 Å². The van der Waals surface area contributed by atoms with E-state index in [1.807, 2.05) is 0 Å². The highest BCUT2D eigenvalue weighted by molar-refractivity contribution is 5.67. The normalized spacial score (nSPS) is 21.1. The topological polar surface area (TPSA) is 40.5 Å². The molecule has 0 radical (unpaired) electrons. The van der Waals surface area contributed by atoms with E-state index in [9.17, 15) is 4.79 Å². The van der Waals surface area contributed by atoms with Gasteiger partial charge in [0, 0.05) is 6.04 Å². The molecule has 3 heteroatoms. The minimum atomic E-state index is -0.672. The van der Waals surface area contributed by atoms with Crippen molar-refractivity contribution in [1.82, 2.24) is 4.90 Å². The van der Waals surface area contributed by atoms with Crippen LogP contribution in [-0.2, 0) is 4.79 Å². The Morgan fingerprint density at radius 3 is 2.29 bits per heavy atom. The first-order chi connectivity index (χ1) is 6.61. The van der Waals surface area contributed by atoms with Crippen LogP contribution in [0.5, 0.6) is 0 Å². The second kappa shape index (κ2) is 5.35. The van der Waals surface area contributed by atoms with Crippen LogP contribution in [0.3, 0.4) is 0 Å². The van der Waals surface area contributed by atoms with Crippen molar-refractivity contribution in [2.75, 3.05) is 13.1 Å². The van der Waals surface area contributed by atoms with E-state index in [-0.39, 0.29) is 12.5 Å². The number of rotatable bonds is 4. The summed E-state index contributed by atoms with van der Waals surface area (Å²) in [6.45, 7) is 6.39. The molecule has 14 heavy (non-hydrogen) atoms. The van der Waals surface area contributed by atoms with Gasteiger partial charge in [-0.1, -0.05) is 20.3 Å². The molecule has 1 unspecified atom stereocenters. The van der Waals surface area contributed by atoms with Crippen molar-refractivity contribution in [3.05, 3.63) is 0 Å². The fourth-order valence-corrected chi connectivity index (χ4v) is 2.22. The average Bonchev–Trinajstić information content (AvgIpc) is 2.15. The predicted molar refractivity (Wildman–Crippen MR) is 56.3 cm³/mol. The van der Waals surface area contributed by atoms with Crippen molar-refractivity contribution in [3.8, 4) is 0 Å². The minimum absolute atomic E-state index is 0.229. The molecule has 0 aromatic rings. The smallest absolute Gasteiger partial charge is 0.304 e. The number of aliphatic carboxylic acids is 1. The fraction of sp³-hybridized carbons (Fsp3) is 0.909. The lowest BCUT2D eigenvalue weighted by Crippen LogP contribution is -2.43. The van der Waals surface area contributed by atoms with Crippen molar-refractivity contribution in [2.45, 2.75) is 45.6 Å². The Morgan fingerprint density at radius 2 is 1.86 bits per heavy atom. The summed E-state index contributed by atoms with van der Waals surface area (Å²) in [5, 5.41) is 8.84. The third-order valence-corrected chi connectivity index (χ3v) is 3.01. The van der Waals surface area contributed by atoms with Gasteiger partial charge in [-0.2, -0.15) is 0 Å². The molecule has 1 N–H and O–H groups in total. The lowest BCUT2D eigenvalue weighted by Gasteiger charge is -2.36. The Kier molecular flexibility index (Phi) is 4.39. The first kappa shape index (κ1) is 11.5. The number of hydrogen-bond acceptors (Lipinski definition) is 2. The molecule has 1 aliphatic rings. The van der Waals surface area contributed by atoms with Crippen molar-refractivity contribution >= 4 is 5.97 Å². The van der Waals surface area contributed by atoms with E-state index in [2.05, 4.69) is 18.7 Å². The summed E-state index contributed by atoms with van der Waals surface area (Å²) < 4.78 is 0. The van der Waals surface area contributed by atoms with Gasteiger partial charge in [-0.05, 0) is 31.8 Å². The molecule has 0 bridgehead atoms.